The van der Waals surface area contributed by atoms with Gasteiger partial charge in [0, 0.05) is 41.8 Å². The summed E-state index contributed by atoms with van der Waals surface area (Å²) in [5, 5.41) is 10.8. The number of carbonyl (C=O) groups is 2. The number of likely N-dealkylation sites (tertiary alicyclic amines) is 1. The first kappa shape index (κ1) is 30.2. The van der Waals surface area contributed by atoms with E-state index in [4.69, 9.17) is 50.5 Å². The van der Waals surface area contributed by atoms with Crippen molar-refractivity contribution in [1.82, 2.24) is 24.4 Å². The molecule has 44 heavy (non-hydrogen) atoms. The van der Waals surface area contributed by atoms with Crippen LogP contribution in [0.4, 0.5) is 28.1 Å². The number of nitrogens with two attached hydrogens (primary N) is 1. The fourth-order valence-electron chi connectivity index (χ4n) is 5.97. The molecule has 4 aromatic rings. The lowest BCUT2D eigenvalue weighted by Gasteiger charge is -2.33. The maximum absolute atomic E-state index is 12.9. The molecule has 2 aliphatic rings. The average molecular weight is 657 g/mol. The molecule has 0 radical (unpaired) electrons. The topological polar surface area (TPSA) is 143 Å². The van der Waals surface area contributed by atoms with E-state index >= 15 is 0 Å². The van der Waals surface area contributed by atoms with Crippen molar-refractivity contribution >= 4 is 81.2 Å². The van der Waals surface area contributed by atoms with Gasteiger partial charge in [-0.15, -0.1) is 0 Å². The molecule has 1 saturated heterocycles. The molecular formula is C30H32Cl3N9O2. The van der Waals surface area contributed by atoms with Gasteiger partial charge in [0.05, 0.1) is 21.9 Å². The maximum Gasteiger partial charge on any atom is 0.321 e. The van der Waals surface area contributed by atoms with Crippen LogP contribution in [0.2, 0.25) is 15.1 Å². The van der Waals surface area contributed by atoms with E-state index in [-0.39, 0.29) is 29.9 Å². The van der Waals surface area contributed by atoms with E-state index in [0.717, 1.165) is 31.4 Å². The number of nitrogens with one attached hydrogen (secondary N) is 3. The van der Waals surface area contributed by atoms with Gasteiger partial charge in [-0.05, 0) is 62.8 Å². The van der Waals surface area contributed by atoms with E-state index in [1.807, 2.05) is 34.9 Å². The molecule has 5 N–H and O–H groups in total. The highest BCUT2D eigenvalue weighted by Crippen LogP contribution is 2.40. The number of piperidine rings is 1. The van der Waals surface area contributed by atoms with Gasteiger partial charge in [-0.1, -0.05) is 53.0 Å². The van der Waals surface area contributed by atoms with Crippen molar-refractivity contribution in [2.75, 3.05) is 29.0 Å². The van der Waals surface area contributed by atoms with Crippen molar-refractivity contribution in [2.24, 2.45) is 11.7 Å². The normalized spacial score (nSPS) is 20.3. The van der Waals surface area contributed by atoms with Gasteiger partial charge in [0.1, 0.15) is 5.52 Å². The number of aromatic nitrogens is 4. The highest BCUT2D eigenvalue weighted by molar-refractivity contribution is 6.41. The van der Waals surface area contributed by atoms with Gasteiger partial charge in [-0.3, -0.25) is 9.36 Å². The molecule has 1 aliphatic heterocycles. The summed E-state index contributed by atoms with van der Waals surface area (Å²) in [5.74, 6) is 0.512. The molecule has 0 bridgehead atoms. The van der Waals surface area contributed by atoms with Crippen LogP contribution in [0, 0.1) is 5.92 Å². The molecule has 1 aliphatic carbocycles. The van der Waals surface area contributed by atoms with Crippen LogP contribution in [-0.4, -0.2) is 55.5 Å². The number of amides is 3. The lowest BCUT2D eigenvalue weighted by atomic mass is 9.85. The van der Waals surface area contributed by atoms with Crippen molar-refractivity contribution in [3.63, 3.8) is 0 Å². The highest BCUT2D eigenvalue weighted by atomic mass is 35.5. The van der Waals surface area contributed by atoms with Crippen molar-refractivity contribution in [2.45, 2.75) is 50.6 Å². The molecule has 3 amide bonds. The van der Waals surface area contributed by atoms with Crippen LogP contribution in [0.25, 0.3) is 11.2 Å². The highest BCUT2D eigenvalue weighted by Gasteiger charge is 2.30. The summed E-state index contributed by atoms with van der Waals surface area (Å²) in [4.78, 5) is 40.8. The molecule has 2 fully saturated rings. The summed E-state index contributed by atoms with van der Waals surface area (Å²) in [5.41, 5.74) is 8.05. The Bertz CT molecular complexity index is 1650. The van der Waals surface area contributed by atoms with Crippen molar-refractivity contribution in [3.05, 3.63) is 63.7 Å². The number of hydrogen-bond donors (Lipinski definition) is 4. The third kappa shape index (κ3) is 6.64. The average Bonchev–Trinajstić information content (AvgIpc) is 3.37. The Labute approximate surface area is 269 Å². The zero-order chi connectivity index (χ0) is 30.8. The molecule has 230 valence electrons. The Hall–Kier alpha value is -3.80. The van der Waals surface area contributed by atoms with Crippen LogP contribution in [-0.2, 0) is 4.79 Å². The lowest BCUT2D eigenvalue weighted by molar-refractivity contribution is -0.122. The van der Waals surface area contributed by atoms with Crippen LogP contribution < -0.4 is 21.7 Å². The third-order valence-corrected chi connectivity index (χ3v) is 9.02. The fourth-order valence-corrected chi connectivity index (χ4v) is 6.88. The van der Waals surface area contributed by atoms with Gasteiger partial charge in [0.2, 0.25) is 17.8 Å². The van der Waals surface area contributed by atoms with E-state index in [1.165, 1.54) is 0 Å². The number of rotatable bonds is 7. The van der Waals surface area contributed by atoms with Crippen LogP contribution >= 0.6 is 34.8 Å². The number of benzene rings is 2. The Morgan fingerprint density at radius 2 is 1.68 bits per heavy atom. The molecule has 1 atom stereocenters. The van der Waals surface area contributed by atoms with Gasteiger partial charge < -0.3 is 26.6 Å². The third-order valence-electron chi connectivity index (χ3n) is 8.21. The zero-order valence-electron chi connectivity index (χ0n) is 23.8. The first-order chi connectivity index (χ1) is 21.2. The Morgan fingerprint density at radius 1 is 0.955 bits per heavy atom. The monoisotopic (exact) mass is 655 g/mol. The minimum atomic E-state index is -0.273. The molecule has 6 rings (SSSR count). The molecule has 2 aromatic carbocycles. The molecule has 3 heterocycles. The molecule has 14 heteroatoms. The predicted molar refractivity (Wildman–Crippen MR) is 174 cm³/mol. The van der Waals surface area contributed by atoms with Gasteiger partial charge in [-0.25, -0.2) is 14.8 Å². The second kappa shape index (κ2) is 13.1. The number of carbonyl (C=O) groups excluding carboxylic acids is 2. The Kier molecular flexibility index (Phi) is 8.97. The van der Waals surface area contributed by atoms with Crippen molar-refractivity contribution < 1.29 is 9.59 Å². The maximum atomic E-state index is 12.9. The van der Waals surface area contributed by atoms with Gasteiger partial charge in [0.15, 0.2) is 5.65 Å². The number of anilines is 4. The predicted octanol–water partition coefficient (Wildman–Crippen LogP) is 6.86. The summed E-state index contributed by atoms with van der Waals surface area (Å²) in [6, 6.07) is 12.5. The molecule has 1 unspecified atom stereocenters. The number of fused-ring (bicyclic) bond motifs is 1. The Morgan fingerprint density at radius 3 is 2.39 bits per heavy atom. The van der Waals surface area contributed by atoms with Crippen molar-refractivity contribution in [1.29, 1.82) is 0 Å². The number of primary amides is 1. The van der Waals surface area contributed by atoms with E-state index in [9.17, 15) is 9.59 Å². The standard InChI is InChI=1S/C30H32Cl3N9O2/c31-18-13-22(32)25(23(33)14-18)39-29-38-24-15-35-28(40-27(24)42(29)21-10-8-17(9-11-21)26(34)43)36-20-7-4-12-41(16-20)30(44)37-19-5-2-1-3-6-19/h1-3,5-6,13-15,17,20-21H,4,7-12,16H2,(H2,34,43)(H,37,44)(H,38,39)(H,35,36,40). The fraction of sp³-hybridized carbons (Fsp3) is 0.367. The van der Waals surface area contributed by atoms with E-state index in [2.05, 4.69) is 20.9 Å². The SMILES string of the molecule is NC(=O)C1CCC(n2c(Nc3c(Cl)cc(Cl)cc3Cl)nc3cnc(NC4CCCN(C(=O)Nc5ccccc5)C4)nc32)CC1. The Balaban J connectivity index is 1.26. The minimum absolute atomic E-state index is 0.00226. The van der Waals surface area contributed by atoms with Crippen LogP contribution in [0.1, 0.15) is 44.6 Å². The number of halogens is 3. The smallest absolute Gasteiger partial charge is 0.321 e. The quantitative estimate of drug-likeness (QED) is 0.170. The molecule has 11 nitrogen and oxygen atoms in total. The van der Waals surface area contributed by atoms with E-state index in [0.29, 0.717) is 69.7 Å². The van der Waals surface area contributed by atoms with Gasteiger partial charge >= 0.3 is 6.03 Å². The van der Waals surface area contributed by atoms with Gasteiger partial charge in [-0.2, -0.15) is 4.98 Å². The summed E-state index contributed by atoms with van der Waals surface area (Å²) < 4.78 is 2.03. The largest absolute Gasteiger partial charge is 0.369 e. The summed E-state index contributed by atoms with van der Waals surface area (Å²) in [7, 11) is 0. The second-order valence-electron chi connectivity index (χ2n) is 11.2. The number of nitrogens with zero attached hydrogens (tertiary/aromatic N) is 5. The van der Waals surface area contributed by atoms with E-state index in [1.54, 1.807) is 23.2 Å². The first-order valence-corrected chi connectivity index (χ1v) is 15.7. The zero-order valence-corrected chi connectivity index (χ0v) is 26.0. The summed E-state index contributed by atoms with van der Waals surface area (Å²) in [6.07, 6.45) is 6.16. The van der Waals surface area contributed by atoms with Crippen LogP contribution in [0.3, 0.4) is 0 Å². The molecular weight excluding hydrogens is 625 g/mol. The van der Waals surface area contributed by atoms with Crippen molar-refractivity contribution in [3.8, 4) is 0 Å². The van der Waals surface area contributed by atoms with E-state index < -0.39 is 0 Å². The van der Waals surface area contributed by atoms with Gasteiger partial charge in [0.25, 0.3) is 0 Å². The molecule has 2 aromatic heterocycles. The van der Waals surface area contributed by atoms with Crippen LogP contribution in [0.5, 0.6) is 0 Å². The first-order valence-electron chi connectivity index (χ1n) is 14.6. The summed E-state index contributed by atoms with van der Waals surface area (Å²) >= 11 is 19.1. The molecule has 1 saturated carbocycles. The second-order valence-corrected chi connectivity index (χ2v) is 12.5. The van der Waals surface area contributed by atoms with Crippen LogP contribution in [0.15, 0.2) is 48.7 Å². The lowest BCUT2D eigenvalue weighted by Crippen LogP contribution is -2.47. The number of para-hydroxylation sites is 1. The summed E-state index contributed by atoms with van der Waals surface area (Å²) in [6.45, 7) is 1.18. The minimum Gasteiger partial charge on any atom is -0.369 e. The molecule has 0 spiro atoms. The number of imidazole rings is 1. The number of urea groups is 1. The number of hydrogen-bond acceptors (Lipinski definition) is 7.